The molecule has 2 heteroatoms. The Balaban J connectivity index is 2.11. The summed E-state index contributed by atoms with van der Waals surface area (Å²) in [7, 11) is 0. The lowest BCUT2D eigenvalue weighted by molar-refractivity contribution is 0.532. The molecule has 0 saturated heterocycles. The summed E-state index contributed by atoms with van der Waals surface area (Å²) in [6.45, 7) is 2.15. The second-order valence-electron chi connectivity index (χ2n) is 4.93. The van der Waals surface area contributed by atoms with Gasteiger partial charge in [-0.15, -0.1) is 11.3 Å². The quantitative estimate of drug-likeness (QED) is 0.766. The molecule has 1 aliphatic rings. The Kier molecular flexibility index (Phi) is 2.75. The van der Waals surface area contributed by atoms with Gasteiger partial charge in [0.15, 0.2) is 0 Å². The SMILES string of the molecule is Cc1cnc(C2(c3ccccc3)CCCC2)s1. The number of hydrogen-bond acceptors (Lipinski definition) is 2. The van der Waals surface area contributed by atoms with E-state index in [0.29, 0.717) is 0 Å². The van der Waals surface area contributed by atoms with E-state index in [1.54, 1.807) is 0 Å². The molecular formula is C15H17NS. The molecule has 0 bridgehead atoms. The molecule has 88 valence electrons. The monoisotopic (exact) mass is 243 g/mol. The smallest absolute Gasteiger partial charge is 0.103 e. The van der Waals surface area contributed by atoms with Gasteiger partial charge in [0.1, 0.15) is 5.01 Å². The molecule has 0 N–H and O–H groups in total. The first-order chi connectivity index (χ1) is 8.31. The van der Waals surface area contributed by atoms with Gasteiger partial charge in [-0.3, -0.25) is 0 Å². The van der Waals surface area contributed by atoms with Gasteiger partial charge in [0.2, 0.25) is 0 Å². The third-order valence-electron chi connectivity index (χ3n) is 3.81. The summed E-state index contributed by atoms with van der Waals surface area (Å²) in [5.41, 5.74) is 1.66. The largest absolute Gasteiger partial charge is 0.248 e. The molecule has 0 unspecified atom stereocenters. The molecule has 2 aromatic rings. The topological polar surface area (TPSA) is 12.9 Å². The van der Waals surface area contributed by atoms with Crippen molar-refractivity contribution in [2.45, 2.75) is 38.0 Å². The fourth-order valence-corrected chi connectivity index (χ4v) is 3.97. The summed E-state index contributed by atoms with van der Waals surface area (Å²) in [5.74, 6) is 0. The van der Waals surface area contributed by atoms with E-state index in [-0.39, 0.29) is 5.41 Å². The minimum absolute atomic E-state index is 0.209. The van der Waals surface area contributed by atoms with Crippen LogP contribution in [0.1, 0.15) is 41.1 Å². The molecule has 1 aromatic carbocycles. The summed E-state index contributed by atoms with van der Waals surface area (Å²) in [6.07, 6.45) is 7.18. The fourth-order valence-electron chi connectivity index (χ4n) is 2.94. The van der Waals surface area contributed by atoms with Crippen molar-refractivity contribution in [1.82, 2.24) is 4.98 Å². The van der Waals surface area contributed by atoms with E-state index in [0.717, 1.165) is 0 Å². The van der Waals surface area contributed by atoms with Crippen molar-refractivity contribution in [1.29, 1.82) is 0 Å². The zero-order chi connectivity index (χ0) is 11.7. The third-order valence-corrected chi connectivity index (χ3v) is 4.93. The van der Waals surface area contributed by atoms with Crippen molar-refractivity contribution in [2.24, 2.45) is 0 Å². The minimum atomic E-state index is 0.209. The van der Waals surface area contributed by atoms with Crippen LogP contribution in [-0.4, -0.2) is 4.98 Å². The van der Waals surface area contributed by atoms with Crippen molar-refractivity contribution in [2.75, 3.05) is 0 Å². The van der Waals surface area contributed by atoms with Gasteiger partial charge in [0, 0.05) is 16.5 Å². The average molecular weight is 243 g/mol. The van der Waals surface area contributed by atoms with Crippen LogP contribution >= 0.6 is 11.3 Å². The van der Waals surface area contributed by atoms with Crippen LogP contribution in [0.15, 0.2) is 36.5 Å². The molecule has 0 spiro atoms. The number of nitrogens with zero attached hydrogens (tertiary/aromatic N) is 1. The molecule has 17 heavy (non-hydrogen) atoms. The van der Waals surface area contributed by atoms with Crippen molar-refractivity contribution >= 4 is 11.3 Å². The maximum absolute atomic E-state index is 4.66. The molecule has 1 aliphatic carbocycles. The van der Waals surface area contributed by atoms with E-state index in [1.807, 2.05) is 17.5 Å². The van der Waals surface area contributed by atoms with Gasteiger partial charge in [-0.1, -0.05) is 43.2 Å². The lowest BCUT2D eigenvalue weighted by Gasteiger charge is -2.27. The standard InChI is InChI=1S/C15H17NS/c1-12-11-16-14(17-12)15(9-5-6-10-15)13-7-3-2-4-8-13/h2-4,7-8,11H,5-6,9-10H2,1H3. The predicted molar refractivity (Wildman–Crippen MR) is 72.5 cm³/mol. The van der Waals surface area contributed by atoms with Crippen LogP contribution in [0.3, 0.4) is 0 Å². The van der Waals surface area contributed by atoms with Gasteiger partial charge < -0.3 is 0 Å². The second kappa shape index (κ2) is 4.26. The maximum atomic E-state index is 4.66. The Morgan fingerprint density at radius 1 is 1.12 bits per heavy atom. The fraction of sp³-hybridized carbons (Fsp3) is 0.400. The first-order valence-corrected chi connectivity index (χ1v) is 7.11. The molecular weight excluding hydrogens is 226 g/mol. The molecule has 0 atom stereocenters. The Morgan fingerprint density at radius 2 is 1.82 bits per heavy atom. The summed E-state index contributed by atoms with van der Waals surface area (Å²) in [5, 5.41) is 1.32. The normalized spacial score (nSPS) is 18.4. The summed E-state index contributed by atoms with van der Waals surface area (Å²) >= 11 is 1.87. The highest BCUT2D eigenvalue weighted by molar-refractivity contribution is 7.11. The van der Waals surface area contributed by atoms with Gasteiger partial charge in [-0.2, -0.15) is 0 Å². The minimum Gasteiger partial charge on any atom is -0.248 e. The Hall–Kier alpha value is -1.15. The molecule has 1 aromatic heterocycles. The van der Waals surface area contributed by atoms with E-state index in [4.69, 9.17) is 0 Å². The number of hydrogen-bond donors (Lipinski definition) is 0. The van der Waals surface area contributed by atoms with Crippen LogP contribution in [-0.2, 0) is 5.41 Å². The molecule has 3 rings (SSSR count). The number of thiazole rings is 1. The van der Waals surface area contributed by atoms with Gasteiger partial charge in [-0.25, -0.2) is 4.98 Å². The molecule has 0 aliphatic heterocycles. The molecule has 1 nitrogen and oxygen atoms in total. The van der Waals surface area contributed by atoms with Gasteiger partial charge in [0.25, 0.3) is 0 Å². The van der Waals surface area contributed by atoms with Crippen LogP contribution in [0, 0.1) is 6.92 Å². The Morgan fingerprint density at radius 3 is 2.41 bits per heavy atom. The van der Waals surface area contributed by atoms with Crippen molar-refractivity contribution in [3.05, 3.63) is 52.0 Å². The van der Waals surface area contributed by atoms with E-state index in [9.17, 15) is 0 Å². The molecule has 0 amide bonds. The van der Waals surface area contributed by atoms with Crippen LogP contribution in [0.25, 0.3) is 0 Å². The van der Waals surface area contributed by atoms with Crippen LogP contribution in [0.2, 0.25) is 0 Å². The number of aryl methyl sites for hydroxylation is 1. The van der Waals surface area contributed by atoms with Gasteiger partial charge in [0.05, 0.1) is 0 Å². The van der Waals surface area contributed by atoms with Crippen molar-refractivity contribution in [3.63, 3.8) is 0 Å². The second-order valence-corrected chi connectivity index (χ2v) is 6.17. The zero-order valence-electron chi connectivity index (χ0n) is 10.1. The number of rotatable bonds is 2. The molecule has 1 heterocycles. The van der Waals surface area contributed by atoms with E-state index >= 15 is 0 Å². The molecule has 0 radical (unpaired) electrons. The number of benzene rings is 1. The van der Waals surface area contributed by atoms with Crippen LogP contribution in [0.4, 0.5) is 0 Å². The lowest BCUT2D eigenvalue weighted by atomic mass is 9.79. The molecule has 1 fully saturated rings. The van der Waals surface area contributed by atoms with Crippen LogP contribution in [0.5, 0.6) is 0 Å². The first kappa shape index (κ1) is 11.0. The predicted octanol–water partition coefficient (Wildman–Crippen LogP) is 4.31. The average Bonchev–Trinajstić information content (AvgIpc) is 2.99. The summed E-state index contributed by atoms with van der Waals surface area (Å²) in [4.78, 5) is 5.99. The Labute approximate surface area is 107 Å². The van der Waals surface area contributed by atoms with E-state index in [2.05, 4.69) is 42.2 Å². The Bertz CT molecular complexity index is 495. The maximum Gasteiger partial charge on any atom is 0.103 e. The first-order valence-electron chi connectivity index (χ1n) is 6.30. The van der Waals surface area contributed by atoms with E-state index in [1.165, 1.54) is 41.1 Å². The van der Waals surface area contributed by atoms with Crippen LogP contribution < -0.4 is 0 Å². The summed E-state index contributed by atoms with van der Waals surface area (Å²) in [6, 6.07) is 10.9. The van der Waals surface area contributed by atoms with E-state index < -0.39 is 0 Å². The summed E-state index contributed by atoms with van der Waals surface area (Å²) < 4.78 is 0. The highest BCUT2D eigenvalue weighted by atomic mass is 32.1. The highest BCUT2D eigenvalue weighted by Gasteiger charge is 2.39. The highest BCUT2D eigenvalue weighted by Crippen LogP contribution is 2.47. The zero-order valence-corrected chi connectivity index (χ0v) is 11.0. The number of aromatic nitrogens is 1. The van der Waals surface area contributed by atoms with Crippen molar-refractivity contribution < 1.29 is 0 Å². The lowest BCUT2D eigenvalue weighted by Crippen LogP contribution is -2.23. The van der Waals surface area contributed by atoms with Crippen molar-refractivity contribution in [3.8, 4) is 0 Å². The van der Waals surface area contributed by atoms with Gasteiger partial charge >= 0.3 is 0 Å². The third kappa shape index (κ3) is 1.81. The molecule has 1 saturated carbocycles. The van der Waals surface area contributed by atoms with Gasteiger partial charge in [-0.05, 0) is 25.3 Å².